The summed E-state index contributed by atoms with van der Waals surface area (Å²) >= 11 is 0. The Morgan fingerprint density at radius 2 is 2.05 bits per heavy atom. The second-order valence-corrected chi connectivity index (χ2v) is 4.11. The van der Waals surface area contributed by atoms with Crippen LogP contribution in [0.25, 0.3) is 0 Å². The number of benzene rings is 1. The van der Waals surface area contributed by atoms with Crippen LogP contribution in [-0.2, 0) is 20.9 Å². The topological polar surface area (TPSA) is 81.8 Å². The van der Waals surface area contributed by atoms with E-state index in [9.17, 15) is 9.59 Å². The number of carbonyl (C=O) groups is 1. The van der Waals surface area contributed by atoms with Gasteiger partial charge in [-0.1, -0.05) is 30.3 Å². The molecule has 0 amide bonds. The molecule has 0 unspecified atom stereocenters. The molecular formula is C14H18N2O3. The van der Waals surface area contributed by atoms with Gasteiger partial charge < -0.3 is 10.5 Å². The monoisotopic (exact) mass is 262 g/mol. The summed E-state index contributed by atoms with van der Waals surface area (Å²) in [5, 5.41) is 0. The van der Waals surface area contributed by atoms with E-state index in [1.807, 2.05) is 30.3 Å². The lowest BCUT2D eigenvalue weighted by Crippen LogP contribution is -2.21. The lowest BCUT2D eigenvalue weighted by Gasteiger charge is -2.10. The maximum Gasteiger partial charge on any atom is 0.332 e. The highest BCUT2D eigenvalue weighted by Crippen LogP contribution is 2.08. The van der Waals surface area contributed by atoms with Crippen LogP contribution in [0.5, 0.6) is 0 Å². The van der Waals surface area contributed by atoms with Crippen LogP contribution >= 0.6 is 0 Å². The quantitative estimate of drug-likeness (QED) is 0.333. The maximum absolute atomic E-state index is 11.8. The minimum Gasteiger partial charge on any atom is -0.459 e. The number of unbranched alkanes of at least 4 members (excludes halogenated alkanes) is 1. The molecule has 5 heteroatoms. The predicted molar refractivity (Wildman–Crippen MR) is 71.1 cm³/mol. The summed E-state index contributed by atoms with van der Waals surface area (Å²) in [5.74, 6) is -0.496. The molecule has 0 spiro atoms. The zero-order valence-electron chi connectivity index (χ0n) is 10.7. The van der Waals surface area contributed by atoms with Crippen molar-refractivity contribution in [2.45, 2.75) is 31.9 Å². The van der Waals surface area contributed by atoms with Gasteiger partial charge in [0.15, 0.2) is 6.04 Å². The van der Waals surface area contributed by atoms with Gasteiger partial charge in [0.05, 0.1) is 0 Å². The lowest BCUT2D eigenvalue weighted by atomic mass is 10.1. The summed E-state index contributed by atoms with van der Waals surface area (Å²) in [5.41, 5.74) is 6.27. The Balaban J connectivity index is 2.45. The Morgan fingerprint density at radius 3 is 2.68 bits per heavy atom. The highest BCUT2D eigenvalue weighted by Gasteiger charge is 2.18. The third-order valence-corrected chi connectivity index (χ3v) is 2.64. The summed E-state index contributed by atoms with van der Waals surface area (Å²) < 4.78 is 5.13. The number of ether oxygens (including phenoxy) is 1. The maximum atomic E-state index is 11.8. The number of isocyanates is 1. The van der Waals surface area contributed by atoms with Gasteiger partial charge in [0.25, 0.3) is 0 Å². The van der Waals surface area contributed by atoms with E-state index in [4.69, 9.17) is 10.5 Å². The van der Waals surface area contributed by atoms with Crippen LogP contribution < -0.4 is 5.73 Å². The smallest absolute Gasteiger partial charge is 0.332 e. The van der Waals surface area contributed by atoms with Crippen LogP contribution in [0.15, 0.2) is 35.3 Å². The molecule has 0 aliphatic heterocycles. The fourth-order valence-corrected chi connectivity index (χ4v) is 1.61. The second kappa shape index (κ2) is 9.03. The van der Waals surface area contributed by atoms with Gasteiger partial charge in [-0.05, 0) is 31.4 Å². The standard InChI is InChI=1S/C14H18N2O3/c15-9-5-4-8-13(16-11-17)14(18)19-10-12-6-2-1-3-7-12/h1-3,6-7,13H,4-5,8-10,15H2/t13-/m0/s1. The molecule has 0 aromatic heterocycles. The van der Waals surface area contributed by atoms with Gasteiger partial charge >= 0.3 is 5.97 Å². The number of hydrogen-bond donors (Lipinski definition) is 1. The fraction of sp³-hybridized carbons (Fsp3) is 0.429. The van der Waals surface area contributed by atoms with E-state index in [-0.39, 0.29) is 6.61 Å². The number of nitrogens with two attached hydrogens (primary N) is 1. The highest BCUT2D eigenvalue weighted by molar-refractivity contribution is 5.76. The highest BCUT2D eigenvalue weighted by atomic mass is 16.5. The van der Waals surface area contributed by atoms with Gasteiger partial charge in [0, 0.05) is 0 Å². The summed E-state index contributed by atoms with van der Waals surface area (Å²) in [6.45, 7) is 0.734. The zero-order chi connectivity index (χ0) is 13.9. The van der Waals surface area contributed by atoms with E-state index in [0.717, 1.165) is 18.4 Å². The number of hydrogen-bond acceptors (Lipinski definition) is 5. The van der Waals surface area contributed by atoms with Crippen molar-refractivity contribution in [2.24, 2.45) is 10.7 Å². The Labute approximate surface area is 112 Å². The third kappa shape index (κ3) is 5.95. The number of aliphatic imine (C=N–C) groups is 1. The van der Waals surface area contributed by atoms with Crippen molar-refractivity contribution in [3.05, 3.63) is 35.9 Å². The average molecular weight is 262 g/mol. The van der Waals surface area contributed by atoms with Crippen molar-refractivity contribution >= 4 is 12.0 Å². The van der Waals surface area contributed by atoms with Crippen molar-refractivity contribution < 1.29 is 14.3 Å². The normalized spacial score (nSPS) is 11.4. The zero-order valence-corrected chi connectivity index (χ0v) is 10.7. The molecule has 0 radical (unpaired) electrons. The first-order valence-corrected chi connectivity index (χ1v) is 6.25. The number of carbonyl (C=O) groups excluding carboxylic acids is 2. The van der Waals surface area contributed by atoms with Crippen molar-refractivity contribution in [2.75, 3.05) is 6.54 Å². The first kappa shape index (κ1) is 15.1. The van der Waals surface area contributed by atoms with Gasteiger partial charge in [-0.15, -0.1) is 0 Å². The summed E-state index contributed by atoms with van der Waals surface area (Å²) in [7, 11) is 0. The Kier molecular flexibility index (Phi) is 7.17. The average Bonchev–Trinajstić information content (AvgIpc) is 2.45. The Hall–Kier alpha value is -1.97. The molecule has 1 aromatic rings. The van der Waals surface area contributed by atoms with Crippen molar-refractivity contribution in [1.29, 1.82) is 0 Å². The minimum absolute atomic E-state index is 0.182. The molecule has 1 aromatic carbocycles. The summed E-state index contributed by atoms with van der Waals surface area (Å²) in [6.07, 6.45) is 3.39. The van der Waals surface area contributed by atoms with Gasteiger partial charge in [-0.2, -0.15) is 4.99 Å². The molecule has 0 saturated heterocycles. The van der Waals surface area contributed by atoms with E-state index in [1.54, 1.807) is 0 Å². The van der Waals surface area contributed by atoms with E-state index >= 15 is 0 Å². The Bertz CT molecular complexity index is 428. The molecule has 102 valence electrons. The van der Waals surface area contributed by atoms with Crippen molar-refractivity contribution in [1.82, 2.24) is 0 Å². The fourth-order valence-electron chi connectivity index (χ4n) is 1.61. The SMILES string of the molecule is NCCCC[C@H](N=C=O)C(=O)OCc1ccccc1. The summed E-state index contributed by atoms with van der Waals surface area (Å²) in [6, 6.07) is 8.57. The van der Waals surface area contributed by atoms with Crippen LogP contribution in [0, 0.1) is 0 Å². The minimum atomic E-state index is -0.771. The Morgan fingerprint density at radius 1 is 1.32 bits per heavy atom. The molecule has 1 atom stereocenters. The van der Waals surface area contributed by atoms with Crippen LogP contribution in [-0.4, -0.2) is 24.6 Å². The molecule has 0 saturated carbocycles. The third-order valence-electron chi connectivity index (χ3n) is 2.64. The molecule has 0 fully saturated rings. The number of esters is 1. The van der Waals surface area contributed by atoms with Crippen LogP contribution in [0.1, 0.15) is 24.8 Å². The molecule has 0 heterocycles. The number of rotatable bonds is 8. The lowest BCUT2D eigenvalue weighted by molar-refractivity contribution is -0.146. The molecule has 2 N–H and O–H groups in total. The first-order valence-electron chi connectivity index (χ1n) is 6.25. The molecule has 0 aliphatic rings. The van der Waals surface area contributed by atoms with Gasteiger partial charge in [-0.3, -0.25) is 0 Å². The first-order chi connectivity index (χ1) is 9.27. The van der Waals surface area contributed by atoms with E-state index in [1.165, 1.54) is 6.08 Å². The molecular weight excluding hydrogens is 244 g/mol. The predicted octanol–water partition coefficient (Wildman–Crippen LogP) is 1.56. The largest absolute Gasteiger partial charge is 0.459 e. The van der Waals surface area contributed by atoms with Gasteiger partial charge in [-0.25, -0.2) is 9.59 Å². The molecule has 0 aliphatic carbocycles. The molecule has 5 nitrogen and oxygen atoms in total. The van der Waals surface area contributed by atoms with Gasteiger partial charge in [0.2, 0.25) is 6.08 Å². The van der Waals surface area contributed by atoms with Crippen LogP contribution in [0.3, 0.4) is 0 Å². The van der Waals surface area contributed by atoms with E-state index in [2.05, 4.69) is 4.99 Å². The van der Waals surface area contributed by atoms with Gasteiger partial charge in [0.1, 0.15) is 6.61 Å². The molecule has 1 rings (SSSR count). The number of nitrogens with zero attached hydrogens (tertiary/aromatic N) is 1. The molecule has 19 heavy (non-hydrogen) atoms. The van der Waals surface area contributed by atoms with Crippen molar-refractivity contribution in [3.63, 3.8) is 0 Å². The van der Waals surface area contributed by atoms with Crippen molar-refractivity contribution in [3.8, 4) is 0 Å². The second-order valence-electron chi connectivity index (χ2n) is 4.11. The van der Waals surface area contributed by atoms with E-state index < -0.39 is 12.0 Å². The summed E-state index contributed by atoms with van der Waals surface area (Å²) in [4.78, 5) is 25.6. The van der Waals surface area contributed by atoms with Crippen LogP contribution in [0.2, 0.25) is 0 Å². The molecule has 0 bridgehead atoms. The van der Waals surface area contributed by atoms with E-state index in [0.29, 0.717) is 13.0 Å². The van der Waals surface area contributed by atoms with Crippen LogP contribution in [0.4, 0.5) is 0 Å².